The number of para-hydroxylation sites is 2. The van der Waals surface area contributed by atoms with E-state index in [1.54, 1.807) is 19.1 Å². The van der Waals surface area contributed by atoms with E-state index in [-0.39, 0.29) is 5.56 Å². The van der Waals surface area contributed by atoms with Crippen LogP contribution in [-0.2, 0) is 0 Å². The summed E-state index contributed by atoms with van der Waals surface area (Å²) in [6.07, 6.45) is 0. The molecule has 0 saturated carbocycles. The molecule has 2 N–H and O–H groups in total. The van der Waals surface area contributed by atoms with Crippen molar-refractivity contribution in [2.75, 3.05) is 0 Å². The first-order valence-corrected chi connectivity index (χ1v) is 6.78. The number of hydrogen-bond donors (Lipinski definition) is 2. The number of nitrogens with zero attached hydrogens (tertiary/aromatic N) is 2. The average Bonchev–Trinajstić information content (AvgIpc) is 2.79. The molecular formula is C14H11N3O2S. The second kappa shape index (κ2) is 4.97. The summed E-state index contributed by atoms with van der Waals surface area (Å²) < 4.78 is 0. The minimum absolute atomic E-state index is 0.233. The topological polar surface area (TPSA) is 78.9 Å². The van der Waals surface area contributed by atoms with Crippen LogP contribution in [-0.4, -0.2) is 26.0 Å². The van der Waals surface area contributed by atoms with Crippen molar-refractivity contribution < 1.29 is 9.90 Å². The molecule has 0 spiro atoms. The first-order valence-electron chi connectivity index (χ1n) is 5.96. The molecule has 0 aliphatic rings. The van der Waals surface area contributed by atoms with Crippen molar-refractivity contribution in [2.24, 2.45) is 0 Å². The molecule has 2 heterocycles. The van der Waals surface area contributed by atoms with Crippen molar-refractivity contribution in [3.8, 4) is 0 Å². The highest BCUT2D eigenvalue weighted by atomic mass is 32.2. The second-order valence-electron chi connectivity index (χ2n) is 4.30. The number of aromatic amines is 1. The minimum atomic E-state index is -0.957. The van der Waals surface area contributed by atoms with Gasteiger partial charge in [0.05, 0.1) is 16.6 Å². The zero-order valence-electron chi connectivity index (χ0n) is 10.6. The van der Waals surface area contributed by atoms with Crippen LogP contribution >= 0.6 is 11.8 Å². The van der Waals surface area contributed by atoms with Gasteiger partial charge in [-0.05, 0) is 43.0 Å². The number of aromatic carboxylic acids is 1. The predicted octanol–water partition coefficient (Wildman–Crippen LogP) is 3.12. The van der Waals surface area contributed by atoms with Crippen molar-refractivity contribution in [3.63, 3.8) is 0 Å². The van der Waals surface area contributed by atoms with Gasteiger partial charge in [-0.1, -0.05) is 12.1 Å². The van der Waals surface area contributed by atoms with Crippen LogP contribution in [0.25, 0.3) is 11.0 Å². The monoisotopic (exact) mass is 285 g/mol. The van der Waals surface area contributed by atoms with E-state index in [0.29, 0.717) is 15.9 Å². The fourth-order valence-electron chi connectivity index (χ4n) is 1.89. The Hall–Kier alpha value is -2.34. The smallest absolute Gasteiger partial charge is 0.335 e. The highest BCUT2D eigenvalue weighted by molar-refractivity contribution is 7.99. The summed E-state index contributed by atoms with van der Waals surface area (Å²) in [7, 11) is 0. The Balaban J connectivity index is 1.96. The maximum Gasteiger partial charge on any atom is 0.335 e. The van der Waals surface area contributed by atoms with Gasteiger partial charge in [0.15, 0.2) is 5.16 Å². The largest absolute Gasteiger partial charge is 0.478 e. The first-order chi connectivity index (χ1) is 9.61. The third-order valence-electron chi connectivity index (χ3n) is 2.75. The quantitative estimate of drug-likeness (QED) is 0.773. The van der Waals surface area contributed by atoms with Crippen molar-refractivity contribution in [1.82, 2.24) is 15.0 Å². The Bertz CT molecular complexity index is 765. The fourth-order valence-corrected chi connectivity index (χ4v) is 2.77. The molecule has 0 atom stereocenters. The zero-order chi connectivity index (χ0) is 14.1. The normalized spacial score (nSPS) is 10.8. The summed E-state index contributed by atoms with van der Waals surface area (Å²) in [5.74, 6) is -0.957. The van der Waals surface area contributed by atoms with E-state index in [4.69, 9.17) is 5.11 Å². The standard InChI is InChI=1S/C14H11N3O2S/c1-8-6-9(13(18)19)7-12(15-8)20-14-16-10-4-2-3-5-11(10)17-14/h2-7H,1H3,(H,16,17)(H,18,19). The van der Waals surface area contributed by atoms with Crippen LogP contribution < -0.4 is 0 Å². The van der Waals surface area contributed by atoms with Gasteiger partial charge in [0.2, 0.25) is 0 Å². The number of nitrogens with one attached hydrogen (secondary N) is 1. The predicted molar refractivity (Wildman–Crippen MR) is 76.2 cm³/mol. The van der Waals surface area contributed by atoms with Crippen LogP contribution in [0.3, 0.4) is 0 Å². The van der Waals surface area contributed by atoms with Crippen molar-refractivity contribution in [2.45, 2.75) is 17.1 Å². The van der Waals surface area contributed by atoms with Crippen LogP contribution in [0.15, 0.2) is 46.6 Å². The Morgan fingerprint density at radius 1 is 1.25 bits per heavy atom. The van der Waals surface area contributed by atoms with Gasteiger partial charge in [-0.2, -0.15) is 0 Å². The number of pyridine rings is 1. The van der Waals surface area contributed by atoms with Crippen LogP contribution in [0.1, 0.15) is 16.1 Å². The van der Waals surface area contributed by atoms with E-state index in [1.165, 1.54) is 11.8 Å². The fraction of sp³-hybridized carbons (Fsp3) is 0.0714. The molecule has 0 aliphatic carbocycles. The molecule has 5 nitrogen and oxygen atoms in total. The van der Waals surface area contributed by atoms with E-state index in [1.807, 2.05) is 24.3 Å². The summed E-state index contributed by atoms with van der Waals surface area (Å²) in [5, 5.41) is 10.4. The molecule has 0 unspecified atom stereocenters. The number of fused-ring (bicyclic) bond motifs is 1. The molecule has 0 saturated heterocycles. The Morgan fingerprint density at radius 3 is 2.80 bits per heavy atom. The third kappa shape index (κ3) is 2.50. The lowest BCUT2D eigenvalue weighted by atomic mass is 10.2. The van der Waals surface area contributed by atoms with Crippen molar-refractivity contribution in [1.29, 1.82) is 0 Å². The number of benzene rings is 1. The minimum Gasteiger partial charge on any atom is -0.478 e. The Labute approximate surface area is 119 Å². The lowest BCUT2D eigenvalue weighted by Gasteiger charge is -2.01. The van der Waals surface area contributed by atoms with Crippen LogP contribution in [0.4, 0.5) is 0 Å². The lowest BCUT2D eigenvalue weighted by Crippen LogP contribution is -1.99. The number of aryl methyl sites for hydroxylation is 1. The molecule has 0 fully saturated rings. The second-order valence-corrected chi connectivity index (χ2v) is 5.31. The van der Waals surface area contributed by atoms with E-state index in [9.17, 15) is 4.79 Å². The molecule has 3 rings (SSSR count). The van der Waals surface area contributed by atoms with Crippen LogP contribution in [0, 0.1) is 6.92 Å². The number of aromatic nitrogens is 3. The van der Waals surface area contributed by atoms with Gasteiger partial charge in [0.25, 0.3) is 0 Å². The van der Waals surface area contributed by atoms with Gasteiger partial charge < -0.3 is 10.1 Å². The third-order valence-corrected chi connectivity index (χ3v) is 3.55. The number of hydrogen-bond acceptors (Lipinski definition) is 4. The molecule has 6 heteroatoms. The number of rotatable bonds is 3. The number of carboxylic acids is 1. The summed E-state index contributed by atoms with van der Waals surface area (Å²) in [5.41, 5.74) is 2.72. The number of imidazole rings is 1. The Kier molecular flexibility index (Phi) is 3.15. The average molecular weight is 285 g/mol. The lowest BCUT2D eigenvalue weighted by molar-refractivity contribution is 0.0696. The maximum absolute atomic E-state index is 11.0. The van der Waals surface area contributed by atoms with Crippen LogP contribution in [0.2, 0.25) is 0 Å². The van der Waals surface area contributed by atoms with Crippen molar-refractivity contribution >= 4 is 28.8 Å². The molecule has 20 heavy (non-hydrogen) atoms. The van der Waals surface area contributed by atoms with Gasteiger partial charge in [0.1, 0.15) is 5.03 Å². The van der Waals surface area contributed by atoms with Gasteiger partial charge in [0, 0.05) is 5.69 Å². The van der Waals surface area contributed by atoms with E-state index >= 15 is 0 Å². The number of carbonyl (C=O) groups is 1. The van der Waals surface area contributed by atoms with E-state index in [2.05, 4.69) is 15.0 Å². The summed E-state index contributed by atoms with van der Waals surface area (Å²) in [6, 6.07) is 10.8. The molecule has 0 bridgehead atoms. The molecule has 2 aromatic heterocycles. The first kappa shape index (κ1) is 12.7. The molecule has 100 valence electrons. The molecule has 1 aromatic carbocycles. The summed E-state index contributed by atoms with van der Waals surface area (Å²) in [6.45, 7) is 1.77. The molecule has 0 radical (unpaired) electrons. The molecule has 0 amide bonds. The molecule has 0 aliphatic heterocycles. The Morgan fingerprint density at radius 2 is 2.05 bits per heavy atom. The van der Waals surface area contributed by atoms with Gasteiger partial charge in [-0.3, -0.25) is 0 Å². The van der Waals surface area contributed by atoms with Gasteiger partial charge in [-0.25, -0.2) is 14.8 Å². The summed E-state index contributed by atoms with van der Waals surface area (Å²) >= 11 is 1.32. The highest BCUT2D eigenvalue weighted by Gasteiger charge is 2.10. The van der Waals surface area contributed by atoms with Crippen LogP contribution in [0.5, 0.6) is 0 Å². The maximum atomic E-state index is 11.0. The van der Waals surface area contributed by atoms with E-state index < -0.39 is 5.97 Å². The number of carboxylic acid groups (broad SMARTS) is 1. The van der Waals surface area contributed by atoms with E-state index in [0.717, 1.165) is 11.0 Å². The van der Waals surface area contributed by atoms with Gasteiger partial charge >= 0.3 is 5.97 Å². The summed E-state index contributed by atoms with van der Waals surface area (Å²) in [4.78, 5) is 23.0. The number of H-pyrrole nitrogens is 1. The zero-order valence-corrected chi connectivity index (χ0v) is 11.4. The van der Waals surface area contributed by atoms with Crippen molar-refractivity contribution in [3.05, 3.63) is 47.7 Å². The molecule has 3 aromatic rings. The van der Waals surface area contributed by atoms with Gasteiger partial charge in [-0.15, -0.1) is 0 Å². The molecular weight excluding hydrogens is 274 g/mol. The highest BCUT2D eigenvalue weighted by Crippen LogP contribution is 2.26. The SMILES string of the molecule is Cc1cc(C(=O)O)cc(Sc2nc3ccccc3[nH]2)n1.